The summed E-state index contributed by atoms with van der Waals surface area (Å²) in [4.78, 5) is 28.0. The fraction of sp³-hybridized carbons (Fsp3) is 0.353. The molecule has 2 saturated heterocycles. The first-order valence-corrected chi connectivity index (χ1v) is 11.2. The van der Waals surface area contributed by atoms with Gasteiger partial charge in [0.15, 0.2) is 9.84 Å². The second kappa shape index (κ2) is 7.69. The zero-order valence-corrected chi connectivity index (χ0v) is 16.9. The molecule has 2 aliphatic rings. The molecular formula is C17H17FN2O4S3. The van der Waals surface area contributed by atoms with E-state index in [0.717, 1.165) is 11.8 Å². The van der Waals surface area contributed by atoms with Crippen molar-refractivity contribution in [2.24, 2.45) is 0 Å². The fourth-order valence-electron chi connectivity index (χ4n) is 2.88. The Kier molecular flexibility index (Phi) is 5.68. The standard InChI is InChI=1S/C17H17FN2O4S3/c1-19(13-6-7-27(23,24)10-13)15(21)9-20-16(22)14(26-17(20)25)8-11-2-4-12(18)5-3-11/h2-5,8,13H,6-7,9-10H2,1H3/b14-8-/t13-/m1/s1. The monoisotopic (exact) mass is 428 g/mol. The van der Waals surface area contributed by atoms with Gasteiger partial charge < -0.3 is 4.90 Å². The van der Waals surface area contributed by atoms with Crippen LogP contribution in [0.5, 0.6) is 0 Å². The minimum absolute atomic E-state index is 0.0574. The number of nitrogens with zero attached hydrogens (tertiary/aromatic N) is 2. The molecular weight excluding hydrogens is 411 g/mol. The summed E-state index contributed by atoms with van der Waals surface area (Å²) < 4.78 is 36.4. The highest BCUT2D eigenvalue weighted by atomic mass is 32.2. The molecule has 1 atom stereocenters. The number of hydrogen-bond donors (Lipinski definition) is 0. The third kappa shape index (κ3) is 4.56. The zero-order valence-electron chi connectivity index (χ0n) is 14.4. The molecule has 0 bridgehead atoms. The molecule has 144 valence electrons. The van der Waals surface area contributed by atoms with Crippen LogP contribution in [-0.2, 0) is 19.4 Å². The van der Waals surface area contributed by atoms with Gasteiger partial charge in [-0.05, 0) is 30.2 Å². The number of sulfone groups is 1. The zero-order chi connectivity index (χ0) is 19.8. The summed E-state index contributed by atoms with van der Waals surface area (Å²) in [7, 11) is -1.57. The smallest absolute Gasteiger partial charge is 0.266 e. The molecule has 0 unspecified atom stereocenters. The number of benzene rings is 1. The minimum Gasteiger partial charge on any atom is -0.340 e. The van der Waals surface area contributed by atoms with Gasteiger partial charge in [0.05, 0.1) is 16.4 Å². The molecule has 2 amide bonds. The Hall–Kier alpha value is -1.78. The lowest BCUT2D eigenvalue weighted by Gasteiger charge is -2.25. The van der Waals surface area contributed by atoms with Gasteiger partial charge in [-0.25, -0.2) is 12.8 Å². The van der Waals surface area contributed by atoms with E-state index in [9.17, 15) is 22.4 Å². The first-order chi connectivity index (χ1) is 12.7. The molecule has 2 aliphatic heterocycles. The van der Waals surface area contributed by atoms with Crippen LogP contribution in [-0.4, -0.2) is 65.5 Å². The Morgan fingerprint density at radius 2 is 2.07 bits per heavy atom. The molecule has 10 heteroatoms. The third-order valence-corrected chi connectivity index (χ3v) is 7.61. The molecule has 2 heterocycles. The first kappa shape index (κ1) is 20.0. The van der Waals surface area contributed by atoms with Crippen LogP contribution in [0.15, 0.2) is 29.2 Å². The number of thiocarbonyl (C=S) groups is 1. The Morgan fingerprint density at radius 1 is 1.41 bits per heavy atom. The van der Waals surface area contributed by atoms with Crippen LogP contribution >= 0.6 is 24.0 Å². The van der Waals surface area contributed by atoms with E-state index < -0.39 is 15.7 Å². The maximum absolute atomic E-state index is 13.0. The molecule has 27 heavy (non-hydrogen) atoms. The lowest BCUT2D eigenvalue weighted by atomic mass is 10.2. The van der Waals surface area contributed by atoms with Crippen molar-refractivity contribution in [1.82, 2.24) is 9.80 Å². The van der Waals surface area contributed by atoms with Crippen molar-refractivity contribution in [2.45, 2.75) is 12.5 Å². The summed E-state index contributed by atoms with van der Waals surface area (Å²) in [5, 5.41) is 0. The third-order valence-electron chi connectivity index (χ3n) is 4.48. The topological polar surface area (TPSA) is 74.8 Å². The highest BCUT2D eigenvalue weighted by molar-refractivity contribution is 8.26. The molecule has 0 saturated carbocycles. The van der Waals surface area contributed by atoms with Gasteiger partial charge in [-0.3, -0.25) is 14.5 Å². The summed E-state index contributed by atoms with van der Waals surface area (Å²) in [5.41, 5.74) is 0.650. The Bertz CT molecular complexity index is 928. The Balaban J connectivity index is 1.68. The number of hydrogen-bond acceptors (Lipinski definition) is 6. The first-order valence-electron chi connectivity index (χ1n) is 8.13. The molecule has 0 aliphatic carbocycles. The predicted octanol–water partition coefficient (Wildman–Crippen LogP) is 1.67. The fourth-order valence-corrected chi connectivity index (χ4v) is 5.91. The molecule has 1 aromatic rings. The number of amides is 2. The highest BCUT2D eigenvalue weighted by Gasteiger charge is 2.37. The summed E-state index contributed by atoms with van der Waals surface area (Å²) >= 11 is 6.28. The van der Waals surface area contributed by atoms with Gasteiger partial charge in [0, 0.05) is 13.1 Å². The molecule has 2 fully saturated rings. The van der Waals surface area contributed by atoms with Gasteiger partial charge in [-0.2, -0.15) is 0 Å². The summed E-state index contributed by atoms with van der Waals surface area (Å²) in [5.74, 6) is -1.12. The predicted molar refractivity (Wildman–Crippen MR) is 106 cm³/mol. The summed E-state index contributed by atoms with van der Waals surface area (Å²) in [6, 6.07) is 5.29. The van der Waals surface area contributed by atoms with Crippen molar-refractivity contribution in [3.8, 4) is 0 Å². The van der Waals surface area contributed by atoms with E-state index in [2.05, 4.69) is 0 Å². The quantitative estimate of drug-likeness (QED) is 0.537. The van der Waals surface area contributed by atoms with Crippen molar-refractivity contribution in [1.29, 1.82) is 0 Å². The molecule has 6 nitrogen and oxygen atoms in total. The van der Waals surface area contributed by atoms with Gasteiger partial charge in [-0.1, -0.05) is 36.1 Å². The van der Waals surface area contributed by atoms with Gasteiger partial charge in [0.25, 0.3) is 5.91 Å². The van der Waals surface area contributed by atoms with E-state index in [1.807, 2.05) is 0 Å². The van der Waals surface area contributed by atoms with E-state index in [4.69, 9.17) is 12.2 Å². The van der Waals surface area contributed by atoms with Crippen LogP contribution in [0.3, 0.4) is 0 Å². The van der Waals surface area contributed by atoms with Crippen LogP contribution in [0.4, 0.5) is 4.39 Å². The van der Waals surface area contributed by atoms with Crippen molar-refractivity contribution < 1.29 is 22.4 Å². The molecule has 0 aromatic heterocycles. The summed E-state index contributed by atoms with van der Waals surface area (Å²) in [6.07, 6.45) is 1.99. The van der Waals surface area contributed by atoms with Gasteiger partial charge >= 0.3 is 0 Å². The van der Waals surface area contributed by atoms with Gasteiger partial charge in [0.2, 0.25) is 5.91 Å². The largest absolute Gasteiger partial charge is 0.340 e. The van der Waals surface area contributed by atoms with E-state index in [0.29, 0.717) is 16.9 Å². The second-order valence-corrected chi connectivity index (χ2v) is 10.3. The van der Waals surface area contributed by atoms with Crippen molar-refractivity contribution in [3.05, 3.63) is 40.6 Å². The van der Waals surface area contributed by atoms with Crippen LogP contribution in [0.1, 0.15) is 12.0 Å². The van der Waals surface area contributed by atoms with E-state index in [-0.39, 0.29) is 40.1 Å². The Morgan fingerprint density at radius 3 is 2.67 bits per heavy atom. The lowest BCUT2D eigenvalue weighted by Crippen LogP contribution is -2.45. The highest BCUT2D eigenvalue weighted by Crippen LogP contribution is 2.32. The lowest BCUT2D eigenvalue weighted by molar-refractivity contribution is -0.135. The minimum atomic E-state index is -3.11. The van der Waals surface area contributed by atoms with Gasteiger partial charge in [-0.15, -0.1) is 0 Å². The van der Waals surface area contributed by atoms with Crippen molar-refractivity contribution in [3.63, 3.8) is 0 Å². The van der Waals surface area contributed by atoms with Crippen LogP contribution < -0.4 is 0 Å². The maximum atomic E-state index is 13.0. The second-order valence-electron chi connectivity index (χ2n) is 6.38. The van der Waals surface area contributed by atoms with E-state index >= 15 is 0 Å². The number of rotatable bonds is 4. The van der Waals surface area contributed by atoms with E-state index in [1.54, 1.807) is 25.3 Å². The molecule has 0 N–H and O–H groups in total. The maximum Gasteiger partial charge on any atom is 0.266 e. The molecule has 3 rings (SSSR count). The number of likely N-dealkylation sites (N-methyl/N-ethyl adjacent to an activating group) is 1. The van der Waals surface area contributed by atoms with Crippen molar-refractivity contribution >= 4 is 56.0 Å². The van der Waals surface area contributed by atoms with E-state index in [1.165, 1.54) is 21.9 Å². The average Bonchev–Trinajstić information content (AvgIpc) is 3.10. The van der Waals surface area contributed by atoms with Crippen molar-refractivity contribution in [2.75, 3.05) is 25.1 Å². The average molecular weight is 429 g/mol. The number of carbonyl (C=O) groups excluding carboxylic acids is 2. The van der Waals surface area contributed by atoms with Gasteiger partial charge in [0.1, 0.15) is 16.7 Å². The normalized spacial score (nSPS) is 23.3. The van der Waals surface area contributed by atoms with Crippen LogP contribution in [0, 0.1) is 5.82 Å². The molecule has 0 spiro atoms. The molecule has 1 aromatic carbocycles. The number of thioether (sulfide) groups is 1. The summed E-state index contributed by atoms with van der Waals surface area (Å²) in [6.45, 7) is -0.238. The van der Waals surface area contributed by atoms with Crippen LogP contribution in [0.25, 0.3) is 6.08 Å². The number of halogens is 1. The Labute approximate surface area is 166 Å². The molecule has 0 radical (unpaired) electrons. The van der Waals surface area contributed by atoms with Crippen LogP contribution in [0.2, 0.25) is 0 Å². The number of carbonyl (C=O) groups is 2. The SMILES string of the molecule is CN(C(=O)CN1C(=O)/C(=C/c2ccc(F)cc2)SC1=S)[C@@H]1CCS(=O)(=O)C1.